The van der Waals surface area contributed by atoms with Crippen molar-refractivity contribution in [1.29, 1.82) is 0 Å². The third kappa shape index (κ3) is 3.17. The molecule has 5 rings (SSSR count). The second-order valence-corrected chi connectivity index (χ2v) is 7.71. The van der Waals surface area contributed by atoms with Crippen molar-refractivity contribution in [3.8, 4) is 21.7 Å². The predicted molar refractivity (Wildman–Crippen MR) is 108 cm³/mol. The van der Waals surface area contributed by atoms with Gasteiger partial charge in [-0.05, 0) is 42.8 Å². The van der Waals surface area contributed by atoms with E-state index in [1.54, 1.807) is 17.5 Å². The number of alkyl halides is 1. The number of hydrogen-bond donors (Lipinski definition) is 0. The van der Waals surface area contributed by atoms with E-state index in [1.807, 2.05) is 41.6 Å². The molecule has 0 N–H and O–H groups in total. The molecule has 0 amide bonds. The van der Waals surface area contributed by atoms with Crippen molar-refractivity contribution >= 4 is 27.4 Å². The van der Waals surface area contributed by atoms with Crippen LogP contribution in [0.5, 0.6) is 0 Å². The molecular weight excluding hydrogens is 359 g/mol. The van der Waals surface area contributed by atoms with Crippen molar-refractivity contribution in [3.63, 3.8) is 0 Å². The Morgan fingerprint density at radius 3 is 2.78 bits per heavy atom. The number of halogens is 1. The molecule has 1 saturated heterocycles. The number of fused-ring (bicyclic) bond motifs is 1. The van der Waals surface area contributed by atoms with E-state index in [0.29, 0.717) is 13.0 Å². The number of nitrogens with zero attached hydrogens (tertiary/aromatic N) is 4. The number of anilines is 1. The van der Waals surface area contributed by atoms with Gasteiger partial charge in [0, 0.05) is 46.5 Å². The van der Waals surface area contributed by atoms with Crippen LogP contribution in [0.3, 0.4) is 0 Å². The summed E-state index contributed by atoms with van der Waals surface area (Å²) in [6.45, 7) is 1.16. The van der Waals surface area contributed by atoms with Crippen molar-refractivity contribution in [2.45, 2.75) is 12.6 Å². The first-order valence-electron chi connectivity index (χ1n) is 8.93. The van der Waals surface area contributed by atoms with Gasteiger partial charge in [-0.3, -0.25) is 4.98 Å². The van der Waals surface area contributed by atoms with Gasteiger partial charge in [0.05, 0.1) is 12.2 Å². The second-order valence-electron chi connectivity index (χ2n) is 6.68. The van der Waals surface area contributed by atoms with Crippen LogP contribution < -0.4 is 4.90 Å². The van der Waals surface area contributed by atoms with Crippen LogP contribution in [0.15, 0.2) is 61.1 Å². The molecule has 0 bridgehead atoms. The Balaban J connectivity index is 1.44. The predicted octanol–water partition coefficient (Wildman–Crippen LogP) is 4.97. The van der Waals surface area contributed by atoms with Gasteiger partial charge >= 0.3 is 0 Å². The van der Waals surface area contributed by atoms with Crippen LogP contribution in [0.2, 0.25) is 0 Å². The van der Waals surface area contributed by atoms with E-state index in [4.69, 9.17) is 4.98 Å². The maximum absolute atomic E-state index is 13.4. The van der Waals surface area contributed by atoms with Gasteiger partial charge in [-0.2, -0.15) is 0 Å². The molecule has 1 fully saturated rings. The van der Waals surface area contributed by atoms with E-state index < -0.39 is 6.17 Å². The largest absolute Gasteiger partial charge is 0.354 e. The number of thiophene rings is 1. The van der Waals surface area contributed by atoms with Gasteiger partial charge in [-0.15, -0.1) is 11.3 Å². The molecule has 0 unspecified atom stereocenters. The lowest BCUT2D eigenvalue weighted by Gasteiger charge is -2.16. The van der Waals surface area contributed by atoms with E-state index in [-0.39, 0.29) is 0 Å². The van der Waals surface area contributed by atoms with Gasteiger partial charge in [-0.25, -0.2) is 14.4 Å². The normalized spacial score (nSPS) is 16.9. The van der Waals surface area contributed by atoms with Gasteiger partial charge in [0.25, 0.3) is 0 Å². The summed E-state index contributed by atoms with van der Waals surface area (Å²) in [5.41, 5.74) is 2.96. The zero-order valence-electron chi connectivity index (χ0n) is 14.5. The van der Waals surface area contributed by atoms with E-state index in [9.17, 15) is 4.39 Å². The summed E-state index contributed by atoms with van der Waals surface area (Å²) in [5, 5.41) is 1.12. The highest BCUT2D eigenvalue weighted by molar-refractivity contribution is 7.21. The van der Waals surface area contributed by atoms with Crippen LogP contribution in [-0.4, -0.2) is 34.2 Å². The molecule has 0 aromatic carbocycles. The fourth-order valence-corrected chi connectivity index (χ4v) is 4.40. The molecule has 27 heavy (non-hydrogen) atoms. The first kappa shape index (κ1) is 16.3. The molecule has 0 saturated carbocycles. The van der Waals surface area contributed by atoms with E-state index in [0.717, 1.165) is 44.3 Å². The Bertz CT molecular complexity index is 1080. The molecule has 4 aromatic heterocycles. The molecule has 6 heteroatoms. The van der Waals surface area contributed by atoms with Gasteiger partial charge in [0.1, 0.15) is 16.8 Å². The molecule has 4 nitrogen and oxygen atoms in total. The van der Waals surface area contributed by atoms with Crippen LogP contribution >= 0.6 is 11.3 Å². The summed E-state index contributed by atoms with van der Waals surface area (Å²) in [5.74, 6) is 0.829. The Labute approximate surface area is 160 Å². The van der Waals surface area contributed by atoms with Crippen LogP contribution in [-0.2, 0) is 0 Å². The molecule has 0 spiro atoms. The average molecular weight is 376 g/mol. The topological polar surface area (TPSA) is 41.9 Å². The highest BCUT2D eigenvalue weighted by Crippen LogP contribution is 2.33. The molecule has 0 radical (unpaired) electrons. The van der Waals surface area contributed by atoms with Crippen molar-refractivity contribution < 1.29 is 4.39 Å². The van der Waals surface area contributed by atoms with E-state index in [2.05, 4.69) is 28.2 Å². The quantitative estimate of drug-likeness (QED) is 0.506. The minimum Gasteiger partial charge on any atom is -0.354 e. The number of pyridine rings is 3. The minimum atomic E-state index is -0.747. The Hall–Kier alpha value is -2.86. The smallest absolute Gasteiger partial charge is 0.128 e. The number of hydrogen-bond acceptors (Lipinski definition) is 5. The highest BCUT2D eigenvalue weighted by atomic mass is 32.1. The van der Waals surface area contributed by atoms with Crippen molar-refractivity contribution in [2.24, 2.45) is 0 Å². The Morgan fingerprint density at radius 1 is 1.07 bits per heavy atom. The fraction of sp³-hybridized carbons (Fsp3) is 0.190. The first-order chi connectivity index (χ1) is 13.3. The molecule has 4 aromatic rings. The molecule has 134 valence electrons. The van der Waals surface area contributed by atoms with Crippen molar-refractivity contribution in [1.82, 2.24) is 15.0 Å². The summed E-state index contributed by atoms with van der Waals surface area (Å²) in [4.78, 5) is 17.7. The van der Waals surface area contributed by atoms with Gasteiger partial charge < -0.3 is 4.90 Å². The summed E-state index contributed by atoms with van der Waals surface area (Å²) < 4.78 is 13.4. The van der Waals surface area contributed by atoms with E-state index in [1.165, 1.54) is 0 Å². The lowest BCUT2D eigenvalue weighted by Crippen LogP contribution is -2.20. The van der Waals surface area contributed by atoms with Crippen LogP contribution in [0.1, 0.15) is 6.42 Å². The zero-order chi connectivity index (χ0) is 18.2. The molecule has 5 heterocycles. The fourth-order valence-electron chi connectivity index (χ4n) is 3.38. The molecule has 0 aliphatic carbocycles. The molecule has 1 aliphatic heterocycles. The third-order valence-corrected chi connectivity index (χ3v) is 5.92. The SMILES string of the molecule is F[C@@H]1CCN(c2ccc(-c3ccc4cc(-c5cccnc5)sc4n3)cn2)C1. The Kier molecular flexibility index (Phi) is 4.05. The zero-order valence-corrected chi connectivity index (χ0v) is 15.4. The lowest BCUT2D eigenvalue weighted by atomic mass is 10.1. The first-order valence-corrected chi connectivity index (χ1v) is 9.74. The van der Waals surface area contributed by atoms with Gasteiger partial charge in [0.2, 0.25) is 0 Å². The van der Waals surface area contributed by atoms with Crippen molar-refractivity contribution in [2.75, 3.05) is 18.0 Å². The summed E-state index contributed by atoms with van der Waals surface area (Å²) in [7, 11) is 0. The molecular formula is C21H17FN4S. The number of rotatable bonds is 3. The van der Waals surface area contributed by atoms with Crippen LogP contribution in [0.4, 0.5) is 10.2 Å². The monoisotopic (exact) mass is 376 g/mol. The van der Waals surface area contributed by atoms with Crippen molar-refractivity contribution in [3.05, 3.63) is 61.1 Å². The minimum absolute atomic E-state index is 0.433. The maximum Gasteiger partial charge on any atom is 0.128 e. The summed E-state index contributed by atoms with van der Waals surface area (Å²) in [6, 6.07) is 14.2. The van der Waals surface area contributed by atoms with E-state index >= 15 is 0 Å². The highest BCUT2D eigenvalue weighted by Gasteiger charge is 2.22. The standard InChI is InChI=1S/C21H17FN4S/c22-17-7-9-26(13-17)20-6-4-15(12-24-20)18-5-3-14-10-19(27-21(14)25-18)16-2-1-8-23-11-16/h1-6,8,10-12,17H,7,9,13H2/t17-/m1/s1. The summed E-state index contributed by atoms with van der Waals surface area (Å²) >= 11 is 1.66. The summed E-state index contributed by atoms with van der Waals surface area (Å²) in [6.07, 6.45) is 5.31. The van der Waals surface area contributed by atoms with Gasteiger partial charge in [0.15, 0.2) is 0 Å². The van der Waals surface area contributed by atoms with Gasteiger partial charge in [-0.1, -0.05) is 6.07 Å². The Morgan fingerprint density at radius 2 is 2.04 bits per heavy atom. The number of aromatic nitrogens is 3. The average Bonchev–Trinajstić information content (AvgIpc) is 3.34. The van der Waals surface area contributed by atoms with Crippen LogP contribution in [0.25, 0.3) is 31.9 Å². The molecule has 1 atom stereocenters. The lowest BCUT2D eigenvalue weighted by molar-refractivity contribution is 0.364. The van der Waals surface area contributed by atoms with Crippen LogP contribution in [0, 0.1) is 0 Å². The molecule has 1 aliphatic rings. The third-order valence-electron chi connectivity index (χ3n) is 4.83. The second kappa shape index (κ2) is 6.70. The maximum atomic E-state index is 13.4.